The minimum atomic E-state index is -0.00550. The molecule has 0 aromatic heterocycles. The maximum Gasteiger partial charge on any atom is 0.226 e. The highest BCUT2D eigenvalue weighted by Gasteiger charge is 2.09. The van der Waals surface area contributed by atoms with E-state index in [0.717, 1.165) is 36.6 Å². The molecule has 0 saturated heterocycles. The van der Waals surface area contributed by atoms with E-state index in [-0.39, 0.29) is 11.8 Å². The van der Waals surface area contributed by atoms with Crippen LogP contribution in [0, 0.1) is 5.92 Å². The maximum atomic E-state index is 11.6. The third-order valence-electron chi connectivity index (χ3n) is 2.85. The van der Waals surface area contributed by atoms with E-state index in [1.165, 1.54) is 0 Å². The maximum absolute atomic E-state index is 11.6. The normalized spacial score (nSPS) is 14.9. The monoisotopic (exact) mass is 245 g/mol. The number of anilines is 1. The Morgan fingerprint density at radius 3 is 2.61 bits per heavy atom. The summed E-state index contributed by atoms with van der Waals surface area (Å²) < 4.78 is 0. The predicted octanol–water partition coefficient (Wildman–Crippen LogP) is 2.02. The summed E-state index contributed by atoms with van der Waals surface area (Å²) in [6, 6.07) is 7.78. The van der Waals surface area contributed by atoms with Crippen LogP contribution in [0.2, 0.25) is 0 Å². The van der Waals surface area contributed by atoms with Gasteiger partial charge < -0.3 is 10.6 Å². The molecule has 0 radical (unpaired) electrons. The Bertz CT molecular complexity index is 449. The lowest BCUT2D eigenvalue weighted by Crippen LogP contribution is -2.30. The zero-order valence-corrected chi connectivity index (χ0v) is 10.9. The molecule has 1 amide bonds. The van der Waals surface area contributed by atoms with E-state index in [0.29, 0.717) is 0 Å². The van der Waals surface area contributed by atoms with Gasteiger partial charge in [0.05, 0.1) is 0 Å². The van der Waals surface area contributed by atoms with E-state index in [4.69, 9.17) is 0 Å². The molecule has 96 valence electrons. The molecular weight excluding hydrogens is 226 g/mol. The zero-order valence-electron chi connectivity index (χ0n) is 10.9. The Balaban J connectivity index is 2.05. The summed E-state index contributed by atoms with van der Waals surface area (Å²) in [7, 11) is 0. The molecule has 0 fully saturated rings. The fraction of sp³-hybridized carbons (Fsp3) is 0.429. The second-order valence-electron chi connectivity index (χ2n) is 4.73. The summed E-state index contributed by atoms with van der Waals surface area (Å²) in [5.74, 6) is 0.980. The summed E-state index contributed by atoms with van der Waals surface area (Å²) in [4.78, 5) is 16.0. The van der Waals surface area contributed by atoms with E-state index in [1.54, 1.807) is 0 Å². The third kappa shape index (κ3) is 3.09. The topological polar surface area (TPSA) is 53.5 Å². The molecule has 1 aliphatic rings. The highest BCUT2D eigenvalue weighted by Crippen LogP contribution is 2.12. The minimum Gasteiger partial charge on any atom is -0.370 e. The van der Waals surface area contributed by atoms with Gasteiger partial charge in [0.2, 0.25) is 5.91 Å². The number of rotatable bonds is 3. The number of nitrogens with one attached hydrogen (secondary N) is 2. The average molecular weight is 245 g/mol. The lowest BCUT2D eigenvalue weighted by atomic mass is 10.1. The molecule has 0 unspecified atom stereocenters. The summed E-state index contributed by atoms with van der Waals surface area (Å²) in [6.07, 6.45) is 1.09. The number of carbonyl (C=O) groups is 1. The lowest BCUT2D eigenvalue weighted by Gasteiger charge is -2.15. The van der Waals surface area contributed by atoms with Gasteiger partial charge in [0.15, 0.2) is 0 Å². The number of amidine groups is 1. The van der Waals surface area contributed by atoms with E-state index in [2.05, 4.69) is 15.6 Å². The quantitative estimate of drug-likeness (QED) is 0.856. The first-order chi connectivity index (χ1) is 8.66. The fourth-order valence-corrected chi connectivity index (χ4v) is 1.72. The van der Waals surface area contributed by atoms with Crippen LogP contribution in [0.15, 0.2) is 29.3 Å². The van der Waals surface area contributed by atoms with E-state index < -0.39 is 0 Å². The molecule has 2 rings (SSSR count). The van der Waals surface area contributed by atoms with Crippen molar-refractivity contribution in [2.75, 3.05) is 18.4 Å². The van der Waals surface area contributed by atoms with Crippen molar-refractivity contribution in [2.45, 2.75) is 20.3 Å². The predicted molar refractivity (Wildman–Crippen MR) is 73.9 cm³/mol. The van der Waals surface area contributed by atoms with Gasteiger partial charge in [-0.15, -0.1) is 0 Å². The SMILES string of the molecule is CC(C)C(=O)Nc1ccc(C2=NCCCN2)cc1. The molecule has 0 saturated carbocycles. The van der Waals surface area contributed by atoms with Gasteiger partial charge in [-0.05, 0) is 30.7 Å². The van der Waals surface area contributed by atoms with Gasteiger partial charge in [0.25, 0.3) is 0 Å². The third-order valence-corrected chi connectivity index (χ3v) is 2.85. The first-order valence-electron chi connectivity index (χ1n) is 6.36. The Kier molecular flexibility index (Phi) is 3.97. The standard InChI is InChI=1S/C14H19N3O/c1-10(2)14(18)17-12-6-4-11(5-7-12)13-15-8-3-9-16-13/h4-7,10H,3,8-9H2,1-2H3,(H,15,16)(H,17,18). The summed E-state index contributed by atoms with van der Waals surface area (Å²) >= 11 is 0. The number of amides is 1. The Morgan fingerprint density at radius 1 is 1.33 bits per heavy atom. The van der Waals surface area contributed by atoms with E-state index in [1.807, 2.05) is 38.1 Å². The van der Waals surface area contributed by atoms with Crippen molar-refractivity contribution >= 4 is 17.4 Å². The molecule has 1 aliphatic heterocycles. The number of benzene rings is 1. The molecule has 1 aromatic rings. The number of nitrogens with zero attached hydrogens (tertiary/aromatic N) is 1. The van der Waals surface area contributed by atoms with Crippen molar-refractivity contribution in [3.63, 3.8) is 0 Å². The van der Waals surface area contributed by atoms with Crippen LogP contribution >= 0.6 is 0 Å². The Labute approximate surface area is 108 Å². The van der Waals surface area contributed by atoms with Gasteiger partial charge in [-0.3, -0.25) is 9.79 Å². The van der Waals surface area contributed by atoms with Crippen molar-refractivity contribution < 1.29 is 4.79 Å². The van der Waals surface area contributed by atoms with Crippen molar-refractivity contribution in [2.24, 2.45) is 10.9 Å². The van der Waals surface area contributed by atoms with Crippen LogP contribution in [0.4, 0.5) is 5.69 Å². The molecule has 0 bridgehead atoms. The minimum absolute atomic E-state index is 0.00550. The highest BCUT2D eigenvalue weighted by molar-refractivity contribution is 6.00. The van der Waals surface area contributed by atoms with Crippen LogP contribution in [0.1, 0.15) is 25.8 Å². The van der Waals surface area contributed by atoms with Crippen LogP contribution in [0.3, 0.4) is 0 Å². The van der Waals surface area contributed by atoms with Crippen LogP contribution in [0.25, 0.3) is 0 Å². The van der Waals surface area contributed by atoms with Crippen molar-refractivity contribution in [3.05, 3.63) is 29.8 Å². The van der Waals surface area contributed by atoms with E-state index >= 15 is 0 Å². The summed E-state index contributed by atoms with van der Waals surface area (Å²) in [5.41, 5.74) is 1.89. The van der Waals surface area contributed by atoms with Crippen LogP contribution in [-0.4, -0.2) is 24.8 Å². The number of aliphatic imine (C=N–C) groups is 1. The van der Waals surface area contributed by atoms with Crippen LogP contribution in [0.5, 0.6) is 0 Å². The van der Waals surface area contributed by atoms with Crippen molar-refractivity contribution in [1.29, 1.82) is 0 Å². The Morgan fingerprint density at radius 2 is 2.06 bits per heavy atom. The van der Waals surface area contributed by atoms with Gasteiger partial charge in [-0.2, -0.15) is 0 Å². The smallest absolute Gasteiger partial charge is 0.226 e. The van der Waals surface area contributed by atoms with Gasteiger partial charge in [-0.1, -0.05) is 13.8 Å². The number of hydrogen-bond donors (Lipinski definition) is 2. The molecule has 1 heterocycles. The zero-order chi connectivity index (χ0) is 13.0. The highest BCUT2D eigenvalue weighted by atomic mass is 16.1. The summed E-state index contributed by atoms with van der Waals surface area (Å²) in [6.45, 7) is 5.62. The molecule has 0 aliphatic carbocycles. The lowest BCUT2D eigenvalue weighted by molar-refractivity contribution is -0.118. The summed E-state index contributed by atoms with van der Waals surface area (Å²) in [5, 5.41) is 6.15. The second-order valence-corrected chi connectivity index (χ2v) is 4.73. The Hall–Kier alpha value is -1.84. The first kappa shape index (κ1) is 12.6. The van der Waals surface area contributed by atoms with Gasteiger partial charge in [0, 0.05) is 30.3 Å². The largest absolute Gasteiger partial charge is 0.370 e. The molecule has 4 nitrogen and oxygen atoms in total. The van der Waals surface area contributed by atoms with Gasteiger partial charge in [0.1, 0.15) is 5.84 Å². The molecule has 1 aromatic carbocycles. The molecule has 0 atom stereocenters. The average Bonchev–Trinajstić information content (AvgIpc) is 2.40. The van der Waals surface area contributed by atoms with Crippen LogP contribution < -0.4 is 10.6 Å². The molecular formula is C14H19N3O. The molecule has 4 heteroatoms. The van der Waals surface area contributed by atoms with Crippen molar-refractivity contribution in [1.82, 2.24) is 5.32 Å². The molecule has 0 spiro atoms. The first-order valence-corrected chi connectivity index (χ1v) is 6.36. The second kappa shape index (κ2) is 5.67. The van der Waals surface area contributed by atoms with Crippen LogP contribution in [-0.2, 0) is 4.79 Å². The van der Waals surface area contributed by atoms with Crippen molar-refractivity contribution in [3.8, 4) is 0 Å². The fourth-order valence-electron chi connectivity index (χ4n) is 1.72. The van der Waals surface area contributed by atoms with Gasteiger partial charge >= 0.3 is 0 Å². The molecule has 18 heavy (non-hydrogen) atoms. The molecule has 2 N–H and O–H groups in total. The van der Waals surface area contributed by atoms with E-state index in [9.17, 15) is 4.79 Å². The number of hydrogen-bond acceptors (Lipinski definition) is 3. The van der Waals surface area contributed by atoms with Gasteiger partial charge in [-0.25, -0.2) is 0 Å². The number of carbonyl (C=O) groups excluding carboxylic acids is 1.